The SMILES string of the molecule is O=[N+]([O-])c1ccc(C2=NN(C(=S)Nc3ccc(Cl)cc3)C(c3ccccc3)C2)cc1. The van der Waals surface area contributed by atoms with Gasteiger partial charge in [-0.15, -0.1) is 0 Å². The van der Waals surface area contributed by atoms with Crippen molar-refractivity contribution in [3.63, 3.8) is 0 Å². The van der Waals surface area contributed by atoms with Gasteiger partial charge in [0.05, 0.1) is 16.7 Å². The van der Waals surface area contributed by atoms with Crippen LogP contribution in [0.25, 0.3) is 0 Å². The van der Waals surface area contributed by atoms with Crippen molar-refractivity contribution in [2.24, 2.45) is 5.10 Å². The molecular formula is C22H17ClN4O2S. The van der Waals surface area contributed by atoms with Crippen LogP contribution in [0.4, 0.5) is 11.4 Å². The van der Waals surface area contributed by atoms with Crippen LogP contribution >= 0.6 is 23.8 Å². The maximum atomic E-state index is 10.9. The van der Waals surface area contributed by atoms with Crippen LogP contribution in [0, 0.1) is 10.1 Å². The summed E-state index contributed by atoms with van der Waals surface area (Å²) in [5.74, 6) is 0. The molecule has 6 nitrogen and oxygen atoms in total. The molecule has 0 bridgehead atoms. The third kappa shape index (κ3) is 4.32. The highest BCUT2D eigenvalue weighted by Crippen LogP contribution is 2.33. The third-order valence-corrected chi connectivity index (χ3v) is 5.35. The zero-order valence-corrected chi connectivity index (χ0v) is 17.3. The molecular weight excluding hydrogens is 420 g/mol. The summed E-state index contributed by atoms with van der Waals surface area (Å²) in [6, 6.07) is 23.6. The molecule has 0 aliphatic carbocycles. The summed E-state index contributed by atoms with van der Waals surface area (Å²) in [4.78, 5) is 10.5. The Balaban J connectivity index is 1.63. The number of non-ortho nitro benzene ring substituents is 1. The zero-order valence-electron chi connectivity index (χ0n) is 15.7. The molecule has 1 aliphatic rings. The van der Waals surface area contributed by atoms with Crippen LogP contribution in [0.5, 0.6) is 0 Å². The number of nitrogens with zero attached hydrogens (tertiary/aromatic N) is 3. The fraction of sp³-hybridized carbons (Fsp3) is 0.0909. The van der Waals surface area contributed by atoms with Crippen molar-refractivity contribution in [3.05, 3.63) is 105 Å². The van der Waals surface area contributed by atoms with Crippen LogP contribution in [-0.2, 0) is 0 Å². The number of benzene rings is 3. The predicted octanol–water partition coefficient (Wildman–Crippen LogP) is 5.80. The molecule has 1 aliphatic heterocycles. The number of anilines is 1. The van der Waals surface area contributed by atoms with Crippen molar-refractivity contribution in [3.8, 4) is 0 Å². The average molecular weight is 437 g/mol. The standard InChI is InChI=1S/C22H17ClN4O2S/c23-17-8-10-18(11-9-17)24-22(30)26-21(16-4-2-1-3-5-16)14-20(25-26)15-6-12-19(13-7-15)27(28)29/h1-13,21H,14H2,(H,24,30). The summed E-state index contributed by atoms with van der Waals surface area (Å²) in [5, 5.41) is 21.8. The molecule has 3 aromatic carbocycles. The molecule has 1 atom stereocenters. The molecule has 150 valence electrons. The van der Waals surface area contributed by atoms with Gasteiger partial charge < -0.3 is 5.32 Å². The van der Waals surface area contributed by atoms with E-state index < -0.39 is 4.92 Å². The number of nitro groups is 1. The summed E-state index contributed by atoms with van der Waals surface area (Å²) in [6.45, 7) is 0. The molecule has 1 N–H and O–H groups in total. The lowest BCUT2D eigenvalue weighted by Crippen LogP contribution is -2.31. The van der Waals surface area contributed by atoms with E-state index >= 15 is 0 Å². The molecule has 0 saturated carbocycles. The number of nitrogens with one attached hydrogen (secondary N) is 1. The van der Waals surface area contributed by atoms with Gasteiger partial charge >= 0.3 is 0 Å². The van der Waals surface area contributed by atoms with Crippen LogP contribution in [-0.4, -0.2) is 20.8 Å². The Morgan fingerprint density at radius 3 is 2.37 bits per heavy atom. The van der Waals surface area contributed by atoms with Crippen LogP contribution < -0.4 is 5.32 Å². The van der Waals surface area contributed by atoms with E-state index in [2.05, 4.69) is 5.32 Å². The molecule has 8 heteroatoms. The van der Waals surface area contributed by atoms with Gasteiger partial charge in [-0.25, -0.2) is 5.01 Å². The molecule has 30 heavy (non-hydrogen) atoms. The smallest absolute Gasteiger partial charge is 0.269 e. The van der Waals surface area contributed by atoms with Gasteiger partial charge in [0.2, 0.25) is 0 Å². The summed E-state index contributed by atoms with van der Waals surface area (Å²) in [6.07, 6.45) is 0.629. The van der Waals surface area contributed by atoms with Gasteiger partial charge in [0.15, 0.2) is 5.11 Å². The van der Waals surface area contributed by atoms with Crippen LogP contribution in [0.2, 0.25) is 5.02 Å². The Hall–Kier alpha value is -3.29. The second-order valence-electron chi connectivity index (χ2n) is 6.76. The fourth-order valence-electron chi connectivity index (χ4n) is 3.30. The normalized spacial score (nSPS) is 15.6. The maximum absolute atomic E-state index is 10.9. The van der Waals surface area contributed by atoms with Gasteiger partial charge in [0, 0.05) is 29.3 Å². The average Bonchev–Trinajstić information content (AvgIpc) is 3.22. The Bertz CT molecular complexity index is 1100. The van der Waals surface area contributed by atoms with E-state index in [1.807, 2.05) is 42.5 Å². The van der Waals surface area contributed by atoms with Crippen molar-refractivity contribution in [2.45, 2.75) is 12.5 Å². The number of rotatable bonds is 4. The van der Waals surface area contributed by atoms with Gasteiger partial charge in [-0.05, 0) is 59.7 Å². The van der Waals surface area contributed by atoms with Gasteiger partial charge in [-0.2, -0.15) is 5.10 Å². The first-order valence-corrected chi connectivity index (χ1v) is 10.0. The first-order valence-electron chi connectivity index (χ1n) is 9.24. The topological polar surface area (TPSA) is 70.8 Å². The lowest BCUT2D eigenvalue weighted by molar-refractivity contribution is -0.384. The van der Waals surface area contributed by atoms with Crippen LogP contribution in [0.15, 0.2) is 84.0 Å². The number of halogens is 1. The van der Waals surface area contributed by atoms with Gasteiger partial charge in [0.25, 0.3) is 5.69 Å². The van der Waals surface area contributed by atoms with E-state index in [-0.39, 0.29) is 11.7 Å². The summed E-state index contributed by atoms with van der Waals surface area (Å²) in [5.41, 5.74) is 3.60. The van der Waals surface area contributed by atoms with Crippen molar-refractivity contribution < 1.29 is 4.92 Å². The van der Waals surface area contributed by atoms with E-state index in [0.717, 1.165) is 22.5 Å². The minimum absolute atomic E-state index is 0.0498. The highest BCUT2D eigenvalue weighted by atomic mass is 35.5. The number of hydrogen-bond acceptors (Lipinski definition) is 4. The zero-order chi connectivity index (χ0) is 21.1. The lowest BCUT2D eigenvalue weighted by atomic mass is 9.98. The Kier molecular flexibility index (Phi) is 5.74. The molecule has 3 aromatic rings. The quantitative estimate of drug-likeness (QED) is 0.318. The molecule has 0 fully saturated rings. The minimum atomic E-state index is -0.412. The van der Waals surface area contributed by atoms with E-state index in [9.17, 15) is 10.1 Å². The van der Waals surface area contributed by atoms with Gasteiger partial charge in [-0.3, -0.25) is 10.1 Å². The number of thiocarbonyl (C=S) groups is 1. The van der Waals surface area contributed by atoms with Gasteiger partial charge in [-0.1, -0.05) is 41.9 Å². The van der Waals surface area contributed by atoms with Crippen molar-refractivity contribution in [1.82, 2.24) is 5.01 Å². The van der Waals surface area contributed by atoms with E-state index in [1.54, 1.807) is 29.3 Å². The first kappa shape index (κ1) is 20.0. The summed E-state index contributed by atoms with van der Waals surface area (Å²) in [7, 11) is 0. The Labute approximate surface area is 183 Å². The highest BCUT2D eigenvalue weighted by Gasteiger charge is 2.31. The van der Waals surface area contributed by atoms with Crippen molar-refractivity contribution in [1.29, 1.82) is 0 Å². The maximum Gasteiger partial charge on any atom is 0.269 e. The van der Waals surface area contributed by atoms with Crippen LogP contribution in [0.3, 0.4) is 0 Å². The van der Waals surface area contributed by atoms with Crippen molar-refractivity contribution >= 4 is 46.0 Å². The molecule has 1 unspecified atom stereocenters. The lowest BCUT2D eigenvalue weighted by Gasteiger charge is -2.24. The largest absolute Gasteiger partial charge is 0.331 e. The Morgan fingerprint density at radius 2 is 1.73 bits per heavy atom. The predicted molar refractivity (Wildman–Crippen MR) is 123 cm³/mol. The first-order chi connectivity index (χ1) is 14.5. The number of nitro benzene ring substituents is 1. The van der Waals surface area contributed by atoms with Crippen LogP contribution in [0.1, 0.15) is 23.6 Å². The van der Waals surface area contributed by atoms with Crippen molar-refractivity contribution in [2.75, 3.05) is 5.32 Å². The third-order valence-electron chi connectivity index (χ3n) is 4.81. The number of hydrazone groups is 1. The molecule has 0 aromatic heterocycles. The summed E-state index contributed by atoms with van der Waals surface area (Å²) < 4.78 is 0. The molecule has 0 amide bonds. The van der Waals surface area contributed by atoms with E-state index in [1.165, 1.54) is 12.1 Å². The fourth-order valence-corrected chi connectivity index (χ4v) is 3.71. The minimum Gasteiger partial charge on any atom is -0.331 e. The second-order valence-corrected chi connectivity index (χ2v) is 7.59. The second kappa shape index (κ2) is 8.61. The highest BCUT2D eigenvalue weighted by molar-refractivity contribution is 7.80. The molecule has 1 heterocycles. The molecule has 0 spiro atoms. The molecule has 0 saturated heterocycles. The molecule has 4 rings (SSSR count). The number of hydrogen-bond donors (Lipinski definition) is 1. The Morgan fingerprint density at radius 1 is 1.07 bits per heavy atom. The monoisotopic (exact) mass is 436 g/mol. The summed E-state index contributed by atoms with van der Waals surface area (Å²) >= 11 is 11.6. The molecule has 0 radical (unpaired) electrons. The van der Waals surface area contributed by atoms with Gasteiger partial charge in [0.1, 0.15) is 0 Å². The van der Waals surface area contributed by atoms with E-state index in [0.29, 0.717) is 16.6 Å². The van der Waals surface area contributed by atoms with E-state index in [4.69, 9.17) is 28.9 Å².